The van der Waals surface area contributed by atoms with Gasteiger partial charge in [-0.2, -0.15) is 0 Å². The van der Waals surface area contributed by atoms with Crippen molar-refractivity contribution in [2.24, 2.45) is 11.1 Å². The van der Waals surface area contributed by atoms with Gasteiger partial charge in [-0.1, -0.05) is 40.5 Å². The molecule has 1 rings (SSSR count). The first kappa shape index (κ1) is 14.0. The Morgan fingerprint density at radius 1 is 1.19 bits per heavy atom. The summed E-state index contributed by atoms with van der Waals surface area (Å²) in [6.07, 6.45) is 6.52. The summed E-state index contributed by atoms with van der Waals surface area (Å²) in [6.45, 7) is 12.5. The van der Waals surface area contributed by atoms with E-state index in [-0.39, 0.29) is 5.54 Å². The minimum absolute atomic E-state index is 0.261. The van der Waals surface area contributed by atoms with Crippen LogP contribution in [-0.4, -0.2) is 30.1 Å². The van der Waals surface area contributed by atoms with Gasteiger partial charge in [-0.05, 0) is 37.8 Å². The van der Waals surface area contributed by atoms with Gasteiger partial charge in [-0.25, -0.2) is 0 Å². The molecule has 0 radical (unpaired) electrons. The lowest BCUT2D eigenvalue weighted by Gasteiger charge is -2.49. The van der Waals surface area contributed by atoms with Crippen LogP contribution in [0.4, 0.5) is 0 Å². The highest BCUT2D eigenvalue weighted by Crippen LogP contribution is 2.49. The average Bonchev–Trinajstić information content (AvgIpc) is 2.56. The smallest absolute Gasteiger partial charge is 0.0382 e. The molecule has 2 N–H and O–H groups in total. The Labute approximate surface area is 102 Å². The van der Waals surface area contributed by atoms with Crippen molar-refractivity contribution < 1.29 is 0 Å². The molecule has 2 heteroatoms. The molecule has 0 saturated heterocycles. The molecule has 0 heterocycles. The van der Waals surface area contributed by atoms with Crippen molar-refractivity contribution in [1.82, 2.24) is 4.90 Å². The van der Waals surface area contributed by atoms with Crippen molar-refractivity contribution in [3.05, 3.63) is 0 Å². The Bertz CT molecular complexity index is 213. The molecule has 0 bridgehead atoms. The molecule has 1 saturated carbocycles. The van der Waals surface area contributed by atoms with Crippen LogP contribution >= 0.6 is 0 Å². The number of unbranched alkanes of at least 4 members (excludes halogenated alkanes) is 1. The molecule has 0 aromatic carbocycles. The second-order valence-corrected chi connectivity index (χ2v) is 5.91. The molecule has 16 heavy (non-hydrogen) atoms. The summed E-state index contributed by atoms with van der Waals surface area (Å²) in [6, 6.07) is 0. The predicted octanol–water partition coefficient (Wildman–Crippen LogP) is 3.02. The fourth-order valence-corrected chi connectivity index (χ4v) is 3.51. The molecule has 1 unspecified atom stereocenters. The van der Waals surface area contributed by atoms with Crippen molar-refractivity contribution >= 4 is 0 Å². The van der Waals surface area contributed by atoms with E-state index in [9.17, 15) is 0 Å². The normalized spacial score (nSPS) is 28.9. The Balaban J connectivity index is 2.84. The highest BCUT2D eigenvalue weighted by molar-refractivity contribution is 5.06. The summed E-state index contributed by atoms with van der Waals surface area (Å²) in [4.78, 5) is 2.66. The SMILES string of the molecule is CCCCN(CC)C1(CN)CCCC1(C)C. The van der Waals surface area contributed by atoms with E-state index in [1.165, 1.54) is 38.6 Å². The Morgan fingerprint density at radius 3 is 2.25 bits per heavy atom. The summed E-state index contributed by atoms with van der Waals surface area (Å²) >= 11 is 0. The fraction of sp³-hybridized carbons (Fsp3) is 1.00. The largest absolute Gasteiger partial charge is 0.329 e. The molecule has 0 aromatic rings. The maximum Gasteiger partial charge on any atom is 0.0382 e. The Hall–Kier alpha value is -0.0800. The van der Waals surface area contributed by atoms with Gasteiger partial charge in [0.05, 0.1) is 0 Å². The highest BCUT2D eigenvalue weighted by atomic mass is 15.2. The molecule has 1 aliphatic rings. The minimum atomic E-state index is 0.261. The van der Waals surface area contributed by atoms with Crippen molar-refractivity contribution in [2.75, 3.05) is 19.6 Å². The van der Waals surface area contributed by atoms with E-state index in [0.29, 0.717) is 5.41 Å². The van der Waals surface area contributed by atoms with E-state index < -0.39 is 0 Å². The van der Waals surface area contributed by atoms with Gasteiger partial charge in [0, 0.05) is 12.1 Å². The summed E-state index contributed by atoms with van der Waals surface area (Å²) in [5.74, 6) is 0. The third-order valence-corrected chi connectivity index (χ3v) is 4.76. The standard InChI is InChI=1S/C14H30N2/c1-5-7-11-16(6-2)14(12-15)10-8-9-13(14,3)4/h5-12,15H2,1-4H3. The molecular formula is C14H30N2. The molecule has 1 atom stereocenters. The summed E-state index contributed by atoms with van der Waals surface area (Å²) in [5, 5.41) is 0. The topological polar surface area (TPSA) is 29.3 Å². The van der Waals surface area contributed by atoms with Crippen molar-refractivity contribution in [1.29, 1.82) is 0 Å². The highest BCUT2D eigenvalue weighted by Gasteiger charge is 2.50. The Morgan fingerprint density at radius 2 is 1.88 bits per heavy atom. The van der Waals surface area contributed by atoms with Crippen LogP contribution in [0.2, 0.25) is 0 Å². The first-order valence-corrected chi connectivity index (χ1v) is 6.99. The summed E-state index contributed by atoms with van der Waals surface area (Å²) in [5.41, 5.74) is 6.79. The van der Waals surface area contributed by atoms with Gasteiger partial charge in [-0.15, -0.1) is 0 Å². The van der Waals surface area contributed by atoms with E-state index >= 15 is 0 Å². The second-order valence-electron chi connectivity index (χ2n) is 5.91. The zero-order valence-corrected chi connectivity index (χ0v) is 11.7. The zero-order chi connectivity index (χ0) is 12.2. The van der Waals surface area contributed by atoms with Crippen LogP contribution in [-0.2, 0) is 0 Å². The van der Waals surface area contributed by atoms with Gasteiger partial charge in [0.2, 0.25) is 0 Å². The number of hydrogen-bond acceptors (Lipinski definition) is 2. The maximum absolute atomic E-state index is 6.15. The second kappa shape index (κ2) is 5.50. The molecule has 0 amide bonds. The van der Waals surface area contributed by atoms with Crippen LogP contribution in [0.3, 0.4) is 0 Å². The number of nitrogens with zero attached hydrogens (tertiary/aromatic N) is 1. The van der Waals surface area contributed by atoms with E-state index in [2.05, 4.69) is 32.6 Å². The first-order chi connectivity index (χ1) is 7.54. The lowest BCUT2D eigenvalue weighted by Crippen LogP contribution is -2.60. The van der Waals surface area contributed by atoms with Crippen LogP contribution in [0.15, 0.2) is 0 Å². The van der Waals surface area contributed by atoms with Gasteiger partial charge in [-0.3, -0.25) is 4.90 Å². The van der Waals surface area contributed by atoms with Crippen LogP contribution in [0.25, 0.3) is 0 Å². The quantitative estimate of drug-likeness (QED) is 0.754. The molecule has 2 nitrogen and oxygen atoms in total. The number of rotatable bonds is 6. The van der Waals surface area contributed by atoms with Crippen LogP contribution < -0.4 is 5.73 Å². The lowest BCUT2D eigenvalue weighted by molar-refractivity contribution is 0.0156. The van der Waals surface area contributed by atoms with Crippen LogP contribution in [0, 0.1) is 5.41 Å². The molecule has 1 fully saturated rings. The van der Waals surface area contributed by atoms with Gasteiger partial charge in [0.25, 0.3) is 0 Å². The third-order valence-electron chi connectivity index (χ3n) is 4.76. The molecular weight excluding hydrogens is 196 g/mol. The zero-order valence-electron chi connectivity index (χ0n) is 11.7. The van der Waals surface area contributed by atoms with E-state index in [1.807, 2.05) is 0 Å². The van der Waals surface area contributed by atoms with Gasteiger partial charge in [0.1, 0.15) is 0 Å². The molecule has 1 aliphatic carbocycles. The van der Waals surface area contributed by atoms with Crippen LogP contribution in [0.1, 0.15) is 59.8 Å². The average molecular weight is 226 g/mol. The number of likely N-dealkylation sites (N-methyl/N-ethyl adjacent to an activating group) is 1. The van der Waals surface area contributed by atoms with Gasteiger partial charge in [0.15, 0.2) is 0 Å². The molecule has 96 valence electrons. The lowest BCUT2D eigenvalue weighted by atomic mass is 9.73. The predicted molar refractivity (Wildman–Crippen MR) is 71.6 cm³/mol. The first-order valence-electron chi connectivity index (χ1n) is 6.99. The molecule has 0 spiro atoms. The number of hydrogen-bond donors (Lipinski definition) is 1. The van der Waals surface area contributed by atoms with Crippen molar-refractivity contribution in [2.45, 2.75) is 65.3 Å². The molecule has 0 aromatic heterocycles. The van der Waals surface area contributed by atoms with E-state index in [1.54, 1.807) is 0 Å². The monoisotopic (exact) mass is 226 g/mol. The molecule has 0 aliphatic heterocycles. The summed E-state index contributed by atoms with van der Waals surface area (Å²) < 4.78 is 0. The van der Waals surface area contributed by atoms with Gasteiger partial charge >= 0.3 is 0 Å². The fourth-order valence-electron chi connectivity index (χ4n) is 3.51. The van der Waals surface area contributed by atoms with Crippen molar-refractivity contribution in [3.8, 4) is 0 Å². The van der Waals surface area contributed by atoms with Crippen molar-refractivity contribution in [3.63, 3.8) is 0 Å². The third kappa shape index (κ3) is 2.28. The number of nitrogens with two attached hydrogens (primary N) is 1. The maximum atomic E-state index is 6.15. The minimum Gasteiger partial charge on any atom is -0.329 e. The van der Waals surface area contributed by atoms with Crippen LogP contribution in [0.5, 0.6) is 0 Å². The Kier molecular flexibility index (Phi) is 4.81. The van der Waals surface area contributed by atoms with E-state index in [0.717, 1.165) is 13.1 Å². The van der Waals surface area contributed by atoms with Gasteiger partial charge < -0.3 is 5.73 Å². The summed E-state index contributed by atoms with van der Waals surface area (Å²) in [7, 11) is 0. The van der Waals surface area contributed by atoms with E-state index in [4.69, 9.17) is 5.73 Å².